The minimum absolute atomic E-state index is 0.0544. The Morgan fingerprint density at radius 1 is 1.33 bits per heavy atom. The van der Waals surface area contributed by atoms with Gasteiger partial charge in [0.2, 0.25) is 5.09 Å². The standard InChI is InChI=1S/C11H9NO2S/c1-15-11-9(7-12-14-11)10(13)8-5-3-2-4-6-8/h2-7H,1H3. The number of hydrogen-bond acceptors (Lipinski definition) is 4. The Hall–Kier alpha value is -1.55. The van der Waals surface area contributed by atoms with Crippen LogP contribution < -0.4 is 0 Å². The highest BCUT2D eigenvalue weighted by molar-refractivity contribution is 7.98. The Kier molecular flexibility index (Phi) is 2.87. The van der Waals surface area contributed by atoms with Gasteiger partial charge in [-0.3, -0.25) is 4.79 Å². The zero-order chi connectivity index (χ0) is 10.7. The summed E-state index contributed by atoms with van der Waals surface area (Å²) < 4.78 is 4.95. The van der Waals surface area contributed by atoms with Gasteiger partial charge in [0.25, 0.3) is 0 Å². The number of benzene rings is 1. The van der Waals surface area contributed by atoms with Crippen LogP contribution in [0.3, 0.4) is 0 Å². The lowest BCUT2D eigenvalue weighted by molar-refractivity contribution is 0.103. The molecular weight excluding hydrogens is 210 g/mol. The van der Waals surface area contributed by atoms with Gasteiger partial charge in [-0.05, 0) is 6.26 Å². The van der Waals surface area contributed by atoms with E-state index < -0.39 is 0 Å². The molecule has 15 heavy (non-hydrogen) atoms. The van der Waals surface area contributed by atoms with Crippen molar-refractivity contribution in [1.29, 1.82) is 0 Å². The van der Waals surface area contributed by atoms with Gasteiger partial charge in [-0.2, -0.15) is 0 Å². The fourth-order valence-electron chi connectivity index (χ4n) is 1.27. The number of aromatic nitrogens is 1. The Bertz CT molecular complexity index is 464. The summed E-state index contributed by atoms with van der Waals surface area (Å²) in [6.45, 7) is 0. The Balaban J connectivity index is 2.37. The van der Waals surface area contributed by atoms with Crippen LogP contribution in [0.2, 0.25) is 0 Å². The maximum Gasteiger partial charge on any atom is 0.204 e. The third-order valence-electron chi connectivity index (χ3n) is 2.00. The largest absolute Gasteiger partial charge is 0.349 e. The van der Waals surface area contributed by atoms with Crippen molar-refractivity contribution in [2.75, 3.05) is 6.26 Å². The fraction of sp³-hybridized carbons (Fsp3) is 0.0909. The van der Waals surface area contributed by atoms with E-state index in [9.17, 15) is 4.79 Å². The molecule has 0 saturated heterocycles. The van der Waals surface area contributed by atoms with Crippen LogP contribution in [0.5, 0.6) is 0 Å². The first-order valence-corrected chi connectivity index (χ1v) is 5.64. The second kappa shape index (κ2) is 4.31. The SMILES string of the molecule is CSc1oncc1C(=O)c1ccccc1. The first-order chi connectivity index (χ1) is 7.33. The van der Waals surface area contributed by atoms with Gasteiger partial charge in [0.15, 0.2) is 5.78 Å². The van der Waals surface area contributed by atoms with Crippen molar-refractivity contribution >= 4 is 17.5 Å². The molecule has 4 heteroatoms. The van der Waals surface area contributed by atoms with E-state index in [1.165, 1.54) is 18.0 Å². The normalized spacial score (nSPS) is 10.2. The minimum Gasteiger partial charge on any atom is -0.349 e. The van der Waals surface area contributed by atoms with Crippen molar-refractivity contribution in [3.8, 4) is 0 Å². The van der Waals surface area contributed by atoms with Crippen LogP contribution in [0.1, 0.15) is 15.9 Å². The summed E-state index contributed by atoms with van der Waals surface area (Å²) in [6.07, 6.45) is 3.31. The molecule has 1 aromatic carbocycles. The van der Waals surface area contributed by atoms with Crippen molar-refractivity contribution in [2.24, 2.45) is 0 Å². The highest BCUT2D eigenvalue weighted by Gasteiger charge is 2.16. The molecule has 0 N–H and O–H groups in total. The lowest BCUT2D eigenvalue weighted by Crippen LogP contribution is -2.00. The first-order valence-electron chi connectivity index (χ1n) is 4.41. The maximum absolute atomic E-state index is 12.0. The Morgan fingerprint density at radius 3 is 2.73 bits per heavy atom. The molecule has 0 radical (unpaired) electrons. The molecule has 0 bridgehead atoms. The molecule has 1 aromatic heterocycles. The van der Waals surface area contributed by atoms with Crippen LogP contribution in [0.25, 0.3) is 0 Å². The van der Waals surface area contributed by atoms with Crippen LogP contribution >= 0.6 is 11.8 Å². The molecule has 0 aliphatic rings. The fourth-order valence-corrected chi connectivity index (χ4v) is 1.76. The van der Waals surface area contributed by atoms with Crippen LogP contribution in [-0.4, -0.2) is 17.2 Å². The Labute approximate surface area is 91.5 Å². The molecule has 3 nitrogen and oxygen atoms in total. The molecule has 0 aliphatic carbocycles. The summed E-state index contributed by atoms with van der Waals surface area (Å²) in [6, 6.07) is 9.10. The molecule has 0 fully saturated rings. The van der Waals surface area contributed by atoms with Gasteiger partial charge in [-0.25, -0.2) is 0 Å². The summed E-state index contributed by atoms with van der Waals surface area (Å²) in [7, 11) is 0. The predicted molar refractivity (Wildman–Crippen MR) is 58.2 cm³/mol. The number of carbonyl (C=O) groups is 1. The zero-order valence-corrected chi connectivity index (χ0v) is 8.95. The number of nitrogens with zero attached hydrogens (tertiary/aromatic N) is 1. The second-order valence-corrected chi connectivity index (χ2v) is 3.71. The molecule has 1 heterocycles. The highest BCUT2D eigenvalue weighted by Crippen LogP contribution is 2.22. The van der Waals surface area contributed by atoms with Gasteiger partial charge in [-0.1, -0.05) is 47.3 Å². The second-order valence-electron chi connectivity index (χ2n) is 2.93. The van der Waals surface area contributed by atoms with Crippen molar-refractivity contribution in [2.45, 2.75) is 5.09 Å². The molecule has 2 rings (SSSR count). The zero-order valence-electron chi connectivity index (χ0n) is 8.14. The average molecular weight is 219 g/mol. The molecule has 0 amide bonds. The number of thioether (sulfide) groups is 1. The van der Waals surface area contributed by atoms with Gasteiger partial charge in [0.05, 0.1) is 11.8 Å². The van der Waals surface area contributed by atoms with Crippen LogP contribution in [0.4, 0.5) is 0 Å². The number of rotatable bonds is 3. The van der Waals surface area contributed by atoms with E-state index in [0.717, 1.165) is 0 Å². The van der Waals surface area contributed by atoms with E-state index in [-0.39, 0.29) is 5.78 Å². The molecule has 76 valence electrons. The van der Waals surface area contributed by atoms with Crippen molar-refractivity contribution in [1.82, 2.24) is 5.16 Å². The monoisotopic (exact) mass is 219 g/mol. The van der Waals surface area contributed by atoms with Gasteiger partial charge in [0.1, 0.15) is 0 Å². The number of hydrogen-bond donors (Lipinski definition) is 0. The number of ketones is 1. The summed E-state index contributed by atoms with van der Waals surface area (Å²) in [5, 5.41) is 4.18. The lowest BCUT2D eigenvalue weighted by atomic mass is 10.1. The third-order valence-corrected chi connectivity index (χ3v) is 2.67. The smallest absolute Gasteiger partial charge is 0.204 e. The minimum atomic E-state index is -0.0544. The lowest BCUT2D eigenvalue weighted by Gasteiger charge is -1.97. The third kappa shape index (κ3) is 1.94. The van der Waals surface area contributed by atoms with Gasteiger partial charge in [0, 0.05) is 5.56 Å². The predicted octanol–water partition coefficient (Wildman–Crippen LogP) is 2.63. The van der Waals surface area contributed by atoms with E-state index in [1.54, 1.807) is 12.1 Å². The van der Waals surface area contributed by atoms with E-state index in [4.69, 9.17) is 4.52 Å². The van der Waals surface area contributed by atoms with Crippen molar-refractivity contribution in [3.05, 3.63) is 47.7 Å². The van der Waals surface area contributed by atoms with E-state index >= 15 is 0 Å². The van der Waals surface area contributed by atoms with E-state index in [0.29, 0.717) is 16.2 Å². The summed E-state index contributed by atoms with van der Waals surface area (Å²) in [4.78, 5) is 12.0. The van der Waals surface area contributed by atoms with Gasteiger partial charge < -0.3 is 4.52 Å². The van der Waals surface area contributed by atoms with E-state index in [1.807, 2.05) is 24.5 Å². The average Bonchev–Trinajstić information content (AvgIpc) is 2.77. The summed E-state index contributed by atoms with van der Waals surface area (Å²) in [5.74, 6) is -0.0544. The van der Waals surface area contributed by atoms with Crippen LogP contribution in [-0.2, 0) is 0 Å². The molecule has 0 spiro atoms. The summed E-state index contributed by atoms with van der Waals surface area (Å²) in [5.41, 5.74) is 1.17. The first kappa shape index (κ1) is 9.98. The molecule has 0 saturated carbocycles. The van der Waals surface area contributed by atoms with Crippen molar-refractivity contribution in [3.63, 3.8) is 0 Å². The topological polar surface area (TPSA) is 43.1 Å². The molecular formula is C11H9NO2S. The van der Waals surface area contributed by atoms with Crippen LogP contribution in [0.15, 0.2) is 46.1 Å². The molecule has 0 atom stereocenters. The quantitative estimate of drug-likeness (QED) is 0.588. The highest BCUT2D eigenvalue weighted by atomic mass is 32.2. The van der Waals surface area contributed by atoms with Gasteiger partial charge in [-0.15, -0.1) is 0 Å². The van der Waals surface area contributed by atoms with Crippen LogP contribution in [0, 0.1) is 0 Å². The molecule has 0 aliphatic heterocycles. The van der Waals surface area contributed by atoms with Crippen molar-refractivity contribution < 1.29 is 9.32 Å². The van der Waals surface area contributed by atoms with E-state index in [2.05, 4.69) is 5.16 Å². The summed E-state index contributed by atoms with van der Waals surface area (Å²) >= 11 is 1.38. The maximum atomic E-state index is 12.0. The molecule has 0 unspecified atom stereocenters. The van der Waals surface area contributed by atoms with Gasteiger partial charge >= 0.3 is 0 Å². The Morgan fingerprint density at radius 2 is 2.07 bits per heavy atom. The molecule has 2 aromatic rings. The number of carbonyl (C=O) groups excluding carboxylic acids is 1.